The van der Waals surface area contributed by atoms with Gasteiger partial charge in [-0.05, 0) is 32.7 Å². The minimum atomic E-state index is -0.889. The summed E-state index contributed by atoms with van der Waals surface area (Å²) >= 11 is 0. The summed E-state index contributed by atoms with van der Waals surface area (Å²) in [6.07, 6.45) is 4.83. The molecule has 0 aromatic heterocycles. The lowest BCUT2D eigenvalue weighted by Gasteiger charge is -2.39. The molecule has 1 rings (SSSR count). The number of nitrogens with zero attached hydrogens (tertiary/aromatic N) is 1. The first-order valence-corrected chi connectivity index (χ1v) is 6.12. The molecule has 0 aromatic rings. The lowest BCUT2D eigenvalue weighted by molar-refractivity contribution is -0.147. The molecule has 0 aromatic carbocycles. The Kier molecular flexibility index (Phi) is 4.74. The van der Waals surface area contributed by atoms with Crippen LogP contribution >= 0.6 is 0 Å². The van der Waals surface area contributed by atoms with E-state index < -0.39 is 5.54 Å². The zero-order valence-electron chi connectivity index (χ0n) is 10.7. The van der Waals surface area contributed by atoms with Crippen LogP contribution in [0, 0.1) is 0 Å². The molecule has 4 nitrogen and oxygen atoms in total. The molecule has 1 aliphatic heterocycles. The van der Waals surface area contributed by atoms with E-state index >= 15 is 0 Å². The average Bonchev–Trinajstić information content (AvgIpc) is 2.28. The number of piperidine rings is 1. The Labute approximate surface area is 98.1 Å². The van der Waals surface area contributed by atoms with E-state index in [2.05, 4.69) is 11.8 Å². The summed E-state index contributed by atoms with van der Waals surface area (Å²) in [5, 5.41) is 0. The molecule has 0 saturated carbocycles. The maximum Gasteiger partial charge on any atom is 0.326 e. The number of likely N-dealkylation sites (tertiary alicyclic amines) is 1. The van der Waals surface area contributed by atoms with Crippen molar-refractivity contribution < 1.29 is 9.53 Å². The fourth-order valence-corrected chi connectivity index (χ4v) is 2.45. The quantitative estimate of drug-likeness (QED) is 0.733. The van der Waals surface area contributed by atoms with Gasteiger partial charge < -0.3 is 10.5 Å². The maximum absolute atomic E-state index is 11.5. The smallest absolute Gasteiger partial charge is 0.326 e. The van der Waals surface area contributed by atoms with Crippen molar-refractivity contribution in [2.45, 2.75) is 51.1 Å². The van der Waals surface area contributed by atoms with Gasteiger partial charge in [-0.3, -0.25) is 9.69 Å². The second-order valence-electron chi connectivity index (χ2n) is 4.94. The first kappa shape index (κ1) is 13.5. The van der Waals surface area contributed by atoms with Gasteiger partial charge in [0, 0.05) is 12.6 Å². The van der Waals surface area contributed by atoms with Gasteiger partial charge in [0.1, 0.15) is 5.54 Å². The molecule has 2 unspecified atom stereocenters. The molecule has 0 bridgehead atoms. The van der Waals surface area contributed by atoms with Crippen LogP contribution in [0.4, 0.5) is 0 Å². The Morgan fingerprint density at radius 2 is 2.25 bits per heavy atom. The van der Waals surface area contributed by atoms with E-state index in [1.165, 1.54) is 26.4 Å². The zero-order valence-corrected chi connectivity index (χ0v) is 10.7. The SMILES string of the molecule is CCC1CCCCN1CC(C)(N)C(=O)OC. The normalized spacial score (nSPS) is 26.1. The van der Waals surface area contributed by atoms with E-state index in [9.17, 15) is 4.79 Å². The van der Waals surface area contributed by atoms with Gasteiger partial charge in [-0.2, -0.15) is 0 Å². The zero-order chi connectivity index (χ0) is 12.2. The van der Waals surface area contributed by atoms with Crippen LogP contribution in [0.1, 0.15) is 39.5 Å². The van der Waals surface area contributed by atoms with Crippen LogP contribution in [0.3, 0.4) is 0 Å². The van der Waals surface area contributed by atoms with Gasteiger partial charge in [-0.1, -0.05) is 13.3 Å². The van der Waals surface area contributed by atoms with Crippen LogP contribution in [0.25, 0.3) is 0 Å². The number of carbonyl (C=O) groups excluding carboxylic acids is 1. The van der Waals surface area contributed by atoms with Gasteiger partial charge in [-0.25, -0.2) is 0 Å². The molecule has 1 saturated heterocycles. The third kappa shape index (κ3) is 3.19. The number of hydrogen-bond acceptors (Lipinski definition) is 4. The fourth-order valence-electron chi connectivity index (χ4n) is 2.45. The van der Waals surface area contributed by atoms with E-state index in [4.69, 9.17) is 10.5 Å². The Morgan fingerprint density at radius 1 is 1.56 bits per heavy atom. The highest BCUT2D eigenvalue weighted by molar-refractivity contribution is 5.80. The molecule has 4 heteroatoms. The molecule has 94 valence electrons. The molecule has 1 fully saturated rings. The third-order valence-electron chi connectivity index (χ3n) is 3.40. The van der Waals surface area contributed by atoms with Crippen molar-refractivity contribution in [3.8, 4) is 0 Å². The largest absolute Gasteiger partial charge is 0.468 e. The predicted molar refractivity (Wildman–Crippen MR) is 64.1 cm³/mol. The molecule has 2 N–H and O–H groups in total. The third-order valence-corrected chi connectivity index (χ3v) is 3.40. The van der Waals surface area contributed by atoms with Crippen molar-refractivity contribution in [3.63, 3.8) is 0 Å². The van der Waals surface area contributed by atoms with Gasteiger partial charge in [0.25, 0.3) is 0 Å². The highest BCUT2D eigenvalue weighted by Crippen LogP contribution is 2.21. The molecular formula is C12H24N2O2. The number of esters is 1. The second-order valence-corrected chi connectivity index (χ2v) is 4.94. The van der Waals surface area contributed by atoms with E-state index in [1.807, 2.05) is 0 Å². The van der Waals surface area contributed by atoms with Crippen LogP contribution in [0.15, 0.2) is 0 Å². The summed E-state index contributed by atoms with van der Waals surface area (Å²) in [5.41, 5.74) is 5.11. The number of methoxy groups -OCH3 is 1. The Hall–Kier alpha value is -0.610. The maximum atomic E-state index is 11.5. The van der Waals surface area contributed by atoms with Crippen molar-refractivity contribution in [1.82, 2.24) is 4.90 Å². The van der Waals surface area contributed by atoms with Crippen LogP contribution < -0.4 is 5.73 Å². The van der Waals surface area contributed by atoms with E-state index in [0.717, 1.165) is 13.0 Å². The van der Waals surface area contributed by atoms with E-state index in [0.29, 0.717) is 12.6 Å². The van der Waals surface area contributed by atoms with Gasteiger partial charge in [-0.15, -0.1) is 0 Å². The van der Waals surface area contributed by atoms with Crippen LogP contribution in [0.2, 0.25) is 0 Å². The minimum Gasteiger partial charge on any atom is -0.468 e. The summed E-state index contributed by atoms with van der Waals surface area (Å²) in [6.45, 7) is 5.58. The van der Waals surface area contributed by atoms with Gasteiger partial charge in [0.15, 0.2) is 0 Å². The minimum absolute atomic E-state index is 0.326. The summed E-state index contributed by atoms with van der Waals surface area (Å²) < 4.78 is 4.73. The lowest BCUT2D eigenvalue weighted by Crippen LogP contribution is -2.57. The van der Waals surface area contributed by atoms with Crippen molar-refractivity contribution in [1.29, 1.82) is 0 Å². The summed E-state index contributed by atoms with van der Waals surface area (Å²) in [5.74, 6) is -0.326. The monoisotopic (exact) mass is 228 g/mol. The summed E-state index contributed by atoms with van der Waals surface area (Å²) in [7, 11) is 1.39. The topological polar surface area (TPSA) is 55.6 Å². The fraction of sp³-hybridized carbons (Fsp3) is 0.917. The lowest BCUT2D eigenvalue weighted by atomic mass is 9.96. The molecule has 0 radical (unpaired) electrons. The second kappa shape index (κ2) is 5.64. The predicted octanol–water partition coefficient (Wildman–Crippen LogP) is 1.14. The highest BCUT2D eigenvalue weighted by Gasteiger charge is 2.34. The number of ether oxygens (including phenoxy) is 1. The number of rotatable bonds is 4. The Bertz CT molecular complexity index is 241. The van der Waals surface area contributed by atoms with Crippen LogP contribution in [-0.2, 0) is 9.53 Å². The van der Waals surface area contributed by atoms with Crippen molar-refractivity contribution in [2.24, 2.45) is 5.73 Å². The van der Waals surface area contributed by atoms with Crippen LogP contribution in [0.5, 0.6) is 0 Å². The van der Waals surface area contributed by atoms with E-state index in [-0.39, 0.29) is 5.97 Å². The van der Waals surface area contributed by atoms with Crippen molar-refractivity contribution >= 4 is 5.97 Å². The molecule has 0 spiro atoms. The van der Waals surface area contributed by atoms with Crippen LogP contribution in [-0.4, -0.2) is 42.6 Å². The van der Waals surface area contributed by atoms with Crippen molar-refractivity contribution in [3.05, 3.63) is 0 Å². The molecule has 1 aliphatic rings. The Morgan fingerprint density at radius 3 is 2.81 bits per heavy atom. The molecule has 16 heavy (non-hydrogen) atoms. The van der Waals surface area contributed by atoms with Gasteiger partial charge >= 0.3 is 5.97 Å². The molecule has 2 atom stereocenters. The average molecular weight is 228 g/mol. The molecular weight excluding hydrogens is 204 g/mol. The number of hydrogen-bond donors (Lipinski definition) is 1. The highest BCUT2D eigenvalue weighted by atomic mass is 16.5. The van der Waals surface area contributed by atoms with Gasteiger partial charge in [0.2, 0.25) is 0 Å². The first-order valence-electron chi connectivity index (χ1n) is 6.12. The Balaban J connectivity index is 2.60. The molecule has 0 aliphatic carbocycles. The standard InChI is InChI=1S/C12H24N2O2/c1-4-10-7-5-6-8-14(10)9-12(2,13)11(15)16-3/h10H,4-9,13H2,1-3H3. The molecule has 1 heterocycles. The van der Waals surface area contributed by atoms with Crippen molar-refractivity contribution in [2.75, 3.05) is 20.2 Å². The summed E-state index contributed by atoms with van der Waals surface area (Å²) in [6, 6.07) is 0.571. The van der Waals surface area contributed by atoms with Gasteiger partial charge in [0.05, 0.1) is 7.11 Å². The van der Waals surface area contributed by atoms with E-state index in [1.54, 1.807) is 6.92 Å². The molecule has 0 amide bonds. The summed E-state index contributed by atoms with van der Waals surface area (Å²) in [4.78, 5) is 13.9. The first-order chi connectivity index (χ1) is 7.51. The number of carbonyl (C=O) groups is 1. The number of nitrogens with two attached hydrogens (primary N) is 1.